The minimum atomic E-state index is -3.77. The normalized spacial score (nSPS) is 22.9. The fourth-order valence-electron chi connectivity index (χ4n) is 5.08. The molecule has 1 atom stereocenters. The van der Waals surface area contributed by atoms with E-state index in [1.807, 2.05) is 0 Å². The average Bonchev–Trinajstić information content (AvgIpc) is 3.22. The van der Waals surface area contributed by atoms with Crippen molar-refractivity contribution in [1.82, 2.24) is 14.1 Å². The largest absolute Gasteiger partial charge is 0.507 e. The molecule has 1 N–H and O–H groups in total. The molecular weight excluding hydrogens is 529 g/mol. The van der Waals surface area contributed by atoms with Gasteiger partial charge in [0.2, 0.25) is 10.0 Å². The van der Waals surface area contributed by atoms with Crippen molar-refractivity contribution in [2.75, 3.05) is 65.7 Å². The summed E-state index contributed by atoms with van der Waals surface area (Å²) in [7, 11) is -3.77. The lowest BCUT2D eigenvalue weighted by Gasteiger charge is -2.31. The van der Waals surface area contributed by atoms with E-state index >= 15 is 4.39 Å². The number of amides is 1. The Morgan fingerprint density at radius 2 is 1.51 bits per heavy atom. The van der Waals surface area contributed by atoms with Crippen LogP contribution >= 0.6 is 0 Å². The number of halogens is 1. The molecule has 0 unspecified atom stereocenters. The van der Waals surface area contributed by atoms with Gasteiger partial charge in [0.15, 0.2) is 0 Å². The first kappa shape index (κ1) is 27.4. The third-order valence-corrected chi connectivity index (χ3v) is 9.15. The minimum Gasteiger partial charge on any atom is -0.507 e. The smallest absolute Gasteiger partial charge is 0.295 e. The molecule has 0 aromatic heterocycles. The summed E-state index contributed by atoms with van der Waals surface area (Å²) in [4.78, 5) is 29.8. The van der Waals surface area contributed by atoms with Gasteiger partial charge in [0.05, 0.1) is 42.9 Å². The number of ether oxygens (including phenoxy) is 2. The van der Waals surface area contributed by atoms with Gasteiger partial charge in [0, 0.05) is 50.4 Å². The number of morpholine rings is 2. The van der Waals surface area contributed by atoms with Gasteiger partial charge in [-0.05, 0) is 30.3 Å². The summed E-state index contributed by atoms with van der Waals surface area (Å²) < 4.78 is 52.9. The topological polar surface area (TPSA) is 117 Å². The number of hydrogen-bond acceptors (Lipinski definition) is 8. The number of aliphatic hydroxyl groups is 1. The molecule has 12 heteroatoms. The number of Topliss-reactive ketones (excluding diaryl/α,β-unsaturated/α-hetero) is 1. The maximum atomic E-state index is 15.0. The number of benzene rings is 2. The summed E-state index contributed by atoms with van der Waals surface area (Å²) in [6.07, 6.45) is 0. The first-order valence-electron chi connectivity index (χ1n) is 12.8. The highest BCUT2D eigenvalue weighted by molar-refractivity contribution is 7.89. The van der Waals surface area contributed by atoms with Crippen LogP contribution in [0, 0.1) is 5.82 Å². The van der Waals surface area contributed by atoms with Crippen molar-refractivity contribution in [2.45, 2.75) is 10.9 Å². The van der Waals surface area contributed by atoms with E-state index in [9.17, 15) is 23.1 Å². The monoisotopic (exact) mass is 559 g/mol. The summed E-state index contributed by atoms with van der Waals surface area (Å²) in [6.45, 7) is 4.16. The Kier molecular flexibility index (Phi) is 8.10. The summed E-state index contributed by atoms with van der Waals surface area (Å²) in [5, 5.41) is 11.3. The van der Waals surface area contributed by atoms with Gasteiger partial charge in [-0.1, -0.05) is 18.2 Å². The van der Waals surface area contributed by atoms with Crippen LogP contribution in [0.4, 0.5) is 4.39 Å². The van der Waals surface area contributed by atoms with Gasteiger partial charge < -0.3 is 19.5 Å². The lowest BCUT2D eigenvalue weighted by atomic mass is 9.95. The standard InChI is InChI=1S/C27H30FN3O7S/c28-22-4-2-1-3-21(22)24-23(26(33)27(34)31(24)10-9-29-11-15-37-16-12-29)25(32)19-5-7-20(8-6-19)39(35,36)30-13-17-38-18-14-30/h1-8,24,32H,9-18H2/t24-/m1/s1. The number of carbonyl (C=O) groups is 2. The van der Waals surface area contributed by atoms with E-state index in [1.165, 1.54) is 51.7 Å². The van der Waals surface area contributed by atoms with E-state index in [0.29, 0.717) is 46.1 Å². The molecule has 0 radical (unpaired) electrons. The van der Waals surface area contributed by atoms with Crippen LogP contribution in [-0.4, -0.2) is 105 Å². The van der Waals surface area contributed by atoms with Crippen LogP contribution in [-0.2, 0) is 29.1 Å². The Morgan fingerprint density at radius 3 is 2.15 bits per heavy atom. The number of rotatable bonds is 7. The van der Waals surface area contributed by atoms with Gasteiger partial charge in [0.1, 0.15) is 11.6 Å². The van der Waals surface area contributed by atoms with Gasteiger partial charge in [-0.25, -0.2) is 12.8 Å². The van der Waals surface area contributed by atoms with Crippen molar-refractivity contribution < 1.29 is 37.0 Å². The highest BCUT2D eigenvalue weighted by atomic mass is 32.2. The molecule has 5 rings (SSSR count). The molecule has 3 aliphatic rings. The number of hydrogen-bond donors (Lipinski definition) is 1. The maximum absolute atomic E-state index is 15.0. The predicted octanol–water partition coefficient (Wildman–Crippen LogP) is 1.60. The zero-order valence-electron chi connectivity index (χ0n) is 21.3. The Morgan fingerprint density at radius 1 is 0.897 bits per heavy atom. The molecule has 2 aromatic carbocycles. The van der Waals surface area contributed by atoms with E-state index in [-0.39, 0.29) is 41.2 Å². The Bertz CT molecular complexity index is 1370. The van der Waals surface area contributed by atoms with E-state index in [1.54, 1.807) is 6.07 Å². The molecule has 0 saturated carbocycles. The third kappa shape index (κ3) is 5.48. The third-order valence-electron chi connectivity index (χ3n) is 7.24. The number of nitrogens with zero attached hydrogens (tertiary/aromatic N) is 3. The molecular formula is C27H30FN3O7S. The number of carbonyl (C=O) groups excluding carboxylic acids is 2. The zero-order valence-corrected chi connectivity index (χ0v) is 22.1. The van der Waals surface area contributed by atoms with Gasteiger partial charge in [-0.15, -0.1) is 0 Å². The van der Waals surface area contributed by atoms with Crippen molar-refractivity contribution in [3.8, 4) is 0 Å². The molecule has 208 valence electrons. The van der Waals surface area contributed by atoms with Gasteiger partial charge >= 0.3 is 0 Å². The number of ketones is 1. The van der Waals surface area contributed by atoms with Gasteiger partial charge in [-0.3, -0.25) is 14.5 Å². The highest BCUT2D eigenvalue weighted by Crippen LogP contribution is 2.40. The first-order chi connectivity index (χ1) is 18.8. The number of aliphatic hydroxyl groups excluding tert-OH is 1. The van der Waals surface area contributed by atoms with E-state index < -0.39 is 39.3 Å². The maximum Gasteiger partial charge on any atom is 0.295 e. The summed E-state index contributed by atoms with van der Waals surface area (Å²) in [5.41, 5.74) is -0.00828. The Hall–Kier alpha value is -3.16. The summed E-state index contributed by atoms with van der Waals surface area (Å²) >= 11 is 0. The second kappa shape index (κ2) is 11.5. The van der Waals surface area contributed by atoms with Crippen LogP contribution in [0.2, 0.25) is 0 Å². The van der Waals surface area contributed by atoms with Crippen LogP contribution in [0.25, 0.3) is 5.76 Å². The van der Waals surface area contributed by atoms with Crippen molar-refractivity contribution in [3.63, 3.8) is 0 Å². The van der Waals surface area contributed by atoms with Crippen molar-refractivity contribution >= 4 is 27.5 Å². The Balaban J connectivity index is 1.49. The van der Waals surface area contributed by atoms with E-state index in [4.69, 9.17) is 9.47 Å². The van der Waals surface area contributed by atoms with Crippen LogP contribution in [0.1, 0.15) is 17.2 Å². The van der Waals surface area contributed by atoms with E-state index in [0.717, 1.165) is 0 Å². The first-order valence-corrected chi connectivity index (χ1v) is 14.2. The number of sulfonamides is 1. The SMILES string of the molecule is O=C1C(=O)N(CCN2CCOCC2)[C@H](c2ccccc2F)C1=C(O)c1ccc(S(=O)(=O)N2CCOCC2)cc1. The molecule has 3 fully saturated rings. The molecule has 3 heterocycles. The fraction of sp³-hybridized carbons (Fsp3) is 0.407. The molecule has 0 spiro atoms. The summed E-state index contributed by atoms with van der Waals surface area (Å²) in [5.74, 6) is -2.86. The Labute approximate surface area is 226 Å². The highest BCUT2D eigenvalue weighted by Gasteiger charge is 2.47. The predicted molar refractivity (Wildman–Crippen MR) is 139 cm³/mol. The van der Waals surface area contributed by atoms with E-state index in [2.05, 4.69) is 4.90 Å². The molecule has 2 aromatic rings. The van der Waals surface area contributed by atoms with Crippen molar-refractivity contribution in [2.24, 2.45) is 0 Å². The van der Waals surface area contributed by atoms with Crippen LogP contribution in [0.15, 0.2) is 59.0 Å². The molecule has 3 saturated heterocycles. The fourth-order valence-corrected chi connectivity index (χ4v) is 6.49. The quantitative estimate of drug-likeness (QED) is 0.309. The number of likely N-dealkylation sites (tertiary alicyclic amines) is 1. The van der Waals surface area contributed by atoms with Crippen LogP contribution in [0.5, 0.6) is 0 Å². The second-order valence-electron chi connectivity index (χ2n) is 9.51. The molecule has 3 aliphatic heterocycles. The van der Waals surface area contributed by atoms with Crippen molar-refractivity contribution in [1.29, 1.82) is 0 Å². The van der Waals surface area contributed by atoms with Crippen LogP contribution < -0.4 is 0 Å². The molecule has 10 nitrogen and oxygen atoms in total. The zero-order chi connectivity index (χ0) is 27.6. The minimum absolute atomic E-state index is 0.0255. The molecule has 0 aliphatic carbocycles. The second-order valence-corrected chi connectivity index (χ2v) is 11.4. The average molecular weight is 560 g/mol. The molecule has 39 heavy (non-hydrogen) atoms. The lowest BCUT2D eigenvalue weighted by molar-refractivity contribution is -0.140. The summed E-state index contributed by atoms with van der Waals surface area (Å²) in [6, 6.07) is 10.1. The van der Waals surface area contributed by atoms with Crippen LogP contribution in [0.3, 0.4) is 0 Å². The molecule has 1 amide bonds. The van der Waals surface area contributed by atoms with Crippen molar-refractivity contribution in [3.05, 3.63) is 71.0 Å². The molecule has 0 bridgehead atoms. The van der Waals surface area contributed by atoms with Gasteiger partial charge in [0.25, 0.3) is 11.7 Å². The van der Waals surface area contributed by atoms with Gasteiger partial charge in [-0.2, -0.15) is 4.31 Å². The lowest BCUT2D eigenvalue weighted by Crippen LogP contribution is -2.42.